The Kier molecular flexibility index (Phi) is 5.14. The number of aromatic nitrogens is 1. The molecule has 0 aliphatic heterocycles. The fourth-order valence-electron chi connectivity index (χ4n) is 1.08. The van der Waals surface area contributed by atoms with Gasteiger partial charge in [-0.3, -0.25) is 0 Å². The molecule has 0 spiro atoms. The Morgan fingerprint density at radius 3 is 1.83 bits per heavy atom. The Bertz CT molecular complexity index is 226. The summed E-state index contributed by atoms with van der Waals surface area (Å²) < 4.78 is 0. The van der Waals surface area contributed by atoms with Gasteiger partial charge in [0, 0.05) is 4.88 Å². The van der Waals surface area contributed by atoms with Crippen molar-refractivity contribution in [3.8, 4) is 0 Å². The molecule has 12 heavy (non-hydrogen) atoms. The van der Waals surface area contributed by atoms with E-state index in [0.717, 1.165) is 0 Å². The second-order valence-corrected chi connectivity index (χ2v) is 4.07. The molecule has 0 aliphatic carbocycles. The standard InChI is InChI=1S/C8H13NS.C2H6/c1-5(2)8-6(3)9-7(4)10-8;1-2/h5H,1-4H3;1-2H3. The summed E-state index contributed by atoms with van der Waals surface area (Å²) in [4.78, 5) is 5.78. The van der Waals surface area contributed by atoms with Gasteiger partial charge in [-0.2, -0.15) is 0 Å². The van der Waals surface area contributed by atoms with Crippen LogP contribution >= 0.6 is 11.3 Å². The van der Waals surface area contributed by atoms with Crippen molar-refractivity contribution in [1.82, 2.24) is 4.98 Å². The zero-order valence-electron chi connectivity index (χ0n) is 8.93. The average molecular weight is 185 g/mol. The molecular weight excluding hydrogens is 166 g/mol. The Balaban J connectivity index is 0.000000561. The smallest absolute Gasteiger partial charge is 0.0900 e. The zero-order chi connectivity index (χ0) is 9.72. The molecule has 0 fully saturated rings. The summed E-state index contributed by atoms with van der Waals surface area (Å²) in [7, 11) is 0. The van der Waals surface area contributed by atoms with Crippen molar-refractivity contribution in [3.05, 3.63) is 15.6 Å². The highest BCUT2D eigenvalue weighted by Crippen LogP contribution is 2.24. The molecule has 0 N–H and O–H groups in total. The van der Waals surface area contributed by atoms with E-state index in [1.54, 1.807) is 0 Å². The number of aryl methyl sites for hydroxylation is 2. The van der Waals surface area contributed by atoms with E-state index in [1.165, 1.54) is 15.6 Å². The van der Waals surface area contributed by atoms with Crippen molar-refractivity contribution in [2.24, 2.45) is 0 Å². The van der Waals surface area contributed by atoms with E-state index >= 15 is 0 Å². The van der Waals surface area contributed by atoms with Gasteiger partial charge >= 0.3 is 0 Å². The van der Waals surface area contributed by atoms with Crippen molar-refractivity contribution in [1.29, 1.82) is 0 Å². The van der Waals surface area contributed by atoms with Gasteiger partial charge in [-0.15, -0.1) is 11.3 Å². The van der Waals surface area contributed by atoms with Crippen LogP contribution < -0.4 is 0 Å². The van der Waals surface area contributed by atoms with E-state index in [0.29, 0.717) is 5.92 Å². The second-order valence-electron chi connectivity index (χ2n) is 2.84. The first-order chi connectivity index (χ1) is 5.61. The quantitative estimate of drug-likeness (QED) is 0.646. The van der Waals surface area contributed by atoms with Crippen LogP contribution in [0.25, 0.3) is 0 Å². The fraction of sp³-hybridized carbons (Fsp3) is 0.700. The molecule has 0 saturated heterocycles. The molecule has 0 aliphatic rings. The summed E-state index contributed by atoms with van der Waals surface area (Å²) in [6.45, 7) is 12.6. The molecule has 0 saturated carbocycles. The van der Waals surface area contributed by atoms with Gasteiger partial charge in [0.1, 0.15) is 0 Å². The SMILES string of the molecule is CC.Cc1nc(C)c(C(C)C)s1. The molecule has 1 nitrogen and oxygen atoms in total. The van der Waals surface area contributed by atoms with Crippen LogP contribution in [0.15, 0.2) is 0 Å². The van der Waals surface area contributed by atoms with Crippen LogP contribution in [-0.4, -0.2) is 4.98 Å². The van der Waals surface area contributed by atoms with Crippen molar-refractivity contribution in [3.63, 3.8) is 0 Å². The lowest BCUT2D eigenvalue weighted by molar-refractivity contribution is 0.872. The summed E-state index contributed by atoms with van der Waals surface area (Å²) in [6, 6.07) is 0. The summed E-state index contributed by atoms with van der Waals surface area (Å²) >= 11 is 1.81. The largest absolute Gasteiger partial charge is 0.247 e. The predicted octanol–water partition coefficient (Wildman–Crippen LogP) is 3.91. The maximum absolute atomic E-state index is 4.35. The third-order valence-electron chi connectivity index (χ3n) is 1.46. The van der Waals surface area contributed by atoms with E-state index in [2.05, 4.69) is 32.7 Å². The van der Waals surface area contributed by atoms with Crippen LogP contribution in [0.2, 0.25) is 0 Å². The first-order valence-corrected chi connectivity index (χ1v) is 5.37. The summed E-state index contributed by atoms with van der Waals surface area (Å²) in [5.41, 5.74) is 1.21. The molecule has 1 aromatic heterocycles. The van der Waals surface area contributed by atoms with Crippen molar-refractivity contribution >= 4 is 11.3 Å². The zero-order valence-corrected chi connectivity index (χ0v) is 9.75. The first-order valence-electron chi connectivity index (χ1n) is 4.55. The van der Waals surface area contributed by atoms with E-state index in [4.69, 9.17) is 0 Å². The monoisotopic (exact) mass is 185 g/mol. The number of rotatable bonds is 1. The molecule has 70 valence electrons. The van der Waals surface area contributed by atoms with Gasteiger partial charge in [-0.25, -0.2) is 4.98 Å². The summed E-state index contributed by atoms with van der Waals surface area (Å²) in [5, 5.41) is 1.18. The van der Waals surface area contributed by atoms with Crippen LogP contribution in [0.5, 0.6) is 0 Å². The maximum Gasteiger partial charge on any atom is 0.0900 e. The Morgan fingerprint density at radius 2 is 1.67 bits per heavy atom. The molecule has 0 unspecified atom stereocenters. The van der Waals surface area contributed by atoms with Crippen LogP contribution in [0, 0.1) is 13.8 Å². The number of hydrogen-bond donors (Lipinski definition) is 0. The summed E-state index contributed by atoms with van der Waals surface area (Å²) in [6.07, 6.45) is 0. The van der Waals surface area contributed by atoms with Gasteiger partial charge in [0.2, 0.25) is 0 Å². The van der Waals surface area contributed by atoms with Crippen molar-refractivity contribution < 1.29 is 0 Å². The van der Waals surface area contributed by atoms with E-state index in [9.17, 15) is 0 Å². The molecule has 0 atom stereocenters. The highest BCUT2D eigenvalue weighted by atomic mass is 32.1. The van der Waals surface area contributed by atoms with Crippen LogP contribution in [0.4, 0.5) is 0 Å². The lowest BCUT2D eigenvalue weighted by atomic mass is 10.1. The average Bonchev–Trinajstić information content (AvgIpc) is 2.34. The van der Waals surface area contributed by atoms with Crippen molar-refractivity contribution in [2.45, 2.75) is 47.5 Å². The molecule has 0 aromatic carbocycles. The van der Waals surface area contributed by atoms with Crippen molar-refractivity contribution in [2.75, 3.05) is 0 Å². The van der Waals surface area contributed by atoms with Gasteiger partial charge in [0.15, 0.2) is 0 Å². The van der Waals surface area contributed by atoms with E-state index in [-0.39, 0.29) is 0 Å². The minimum Gasteiger partial charge on any atom is -0.247 e. The van der Waals surface area contributed by atoms with Gasteiger partial charge in [-0.1, -0.05) is 27.7 Å². The van der Waals surface area contributed by atoms with Gasteiger partial charge in [-0.05, 0) is 19.8 Å². The van der Waals surface area contributed by atoms with Gasteiger partial charge in [0.05, 0.1) is 10.7 Å². The van der Waals surface area contributed by atoms with Crippen LogP contribution in [0.3, 0.4) is 0 Å². The molecule has 2 heteroatoms. The Hall–Kier alpha value is -0.370. The molecule has 0 radical (unpaired) electrons. The third kappa shape index (κ3) is 2.94. The third-order valence-corrected chi connectivity index (χ3v) is 2.84. The number of thiazole rings is 1. The highest BCUT2D eigenvalue weighted by molar-refractivity contribution is 7.11. The fourth-order valence-corrected chi connectivity index (χ4v) is 2.01. The molecule has 1 heterocycles. The molecule has 0 bridgehead atoms. The van der Waals surface area contributed by atoms with Crippen LogP contribution in [0.1, 0.15) is 49.2 Å². The second kappa shape index (κ2) is 5.31. The van der Waals surface area contributed by atoms with Crippen LogP contribution in [-0.2, 0) is 0 Å². The topological polar surface area (TPSA) is 12.9 Å². The normalized spacial score (nSPS) is 9.58. The minimum atomic E-state index is 0.631. The van der Waals surface area contributed by atoms with Gasteiger partial charge < -0.3 is 0 Å². The molecule has 1 rings (SSSR count). The lowest BCUT2D eigenvalue weighted by Gasteiger charge is -1.98. The molecule has 0 amide bonds. The molecule has 1 aromatic rings. The molecular formula is C10H19NS. The predicted molar refractivity (Wildman–Crippen MR) is 57.0 cm³/mol. The minimum absolute atomic E-state index is 0.631. The number of nitrogens with zero attached hydrogens (tertiary/aromatic N) is 1. The highest BCUT2D eigenvalue weighted by Gasteiger charge is 2.07. The number of hydrogen-bond acceptors (Lipinski definition) is 2. The van der Waals surface area contributed by atoms with E-state index in [1.807, 2.05) is 25.2 Å². The lowest BCUT2D eigenvalue weighted by Crippen LogP contribution is -1.84. The first kappa shape index (κ1) is 11.6. The maximum atomic E-state index is 4.35. The summed E-state index contributed by atoms with van der Waals surface area (Å²) in [5.74, 6) is 0.631. The Labute approximate surface area is 79.9 Å². The Morgan fingerprint density at radius 1 is 1.17 bits per heavy atom. The van der Waals surface area contributed by atoms with Gasteiger partial charge in [0.25, 0.3) is 0 Å². The van der Waals surface area contributed by atoms with E-state index < -0.39 is 0 Å².